The molecule has 5 rings (SSSR count). The predicted molar refractivity (Wildman–Crippen MR) is 112 cm³/mol. The zero-order chi connectivity index (χ0) is 17.5. The van der Waals surface area contributed by atoms with Crippen molar-refractivity contribution in [1.82, 2.24) is 4.98 Å². The first kappa shape index (κ1) is 15.8. The number of nitrogens with zero attached hydrogens (tertiary/aromatic N) is 1. The van der Waals surface area contributed by atoms with Crippen molar-refractivity contribution >= 4 is 21.6 Å². The molecule has 2 heteroatoms. The average molecular weight is 356 g/mol. The normalized spacial score (nSPS) is 13.7. The highest BCUT2D eigenvalue weighted by atomic mass is 32.1. The van der Waals surface area contributed by atoms with Gasteiger partial charge in [-0.2, -0.15) is 0 Å². The third kappa shape index (κ3) is 2.48. The molecule has 2 aromatic carbocycles. The quantitative estimate of drug-likeness (QED) is 0.384. The second-order valence-corrected chi connectivity index (χ2v) is 8.17. The fourth-order valence-corrected chi connectivity index (χ4v) is 5.49. The highest BCUT2D eigenvalue weighted by Crippen LogP contribution is 2.44. The van der Waals surface area contributed by atoms with Crippen molar-refractivity contribution in [2.24, 2.45) is 0 Å². The van der Waals surface area contributed by atoms with Gasteiger partial charge in [-0.25, -0.2) is 4.98 Å². The van der Waals surface area contributed by atoms with E-state index in [9.17, 15) is 0 Å². The van der Waals surface area contributed by atoms with E-state index in [1.54, 1.807) is 10.4 Å². The maximum Gasteiger partial charge on any atom is 0.125 e. The summed E-state index contributed by atoms with van der Waals surface area (Å²) in [6.07, 6.45) is 5.02. The van der Waals surface area contributed by atoms with Crippen LogP contribution in [0, 0.1) is 6.92 Å². The van der Waals surface area contributed by atoms with Crippen LogP contribution in [0.3, 0.4) is 0 Å². The molecule has 0 aliphatic heterocycles. The van der Waals surface area contributed by atoms with E-state index in [1.165, 1.54) is 58.2 Å². The molecule has 4 aromatic rings. The molecule has 2 aromatic heterocycles. The minimum atomic E-state index is 1.12. The molecule has 0 atom stereocenters. The summed E-state index contributed by atoms with van der Waals surface area (Å²) in [5.41, 5.74) is 7.87. The van der Waals surface area contributed by atoms with Crippen LogP contribution in [0.2, 0.25) is 0 Å². The topological polar surface area (TPSA) is 12.9 Å². The predicted octanol–water partition coefficient (Wildman–Crippen LogP) is 6.82. The molecule has 0 N–H and O–H groups in total. The maximum atomic E-state index is 5.15. The van der Waals surface area contributed by atoms with E-state index in [0.29, 0.717) is 0 Å². The molecule has 0 unspecified atom stereocenters. The lowest BCUT2D eigenvalue weighted by Crippen LogP contribution is -2.00. The van der Waals surface area contributed by atoms with Crippen molar-refractivity contribution in [3.05, 3.63) is 76.7 Å². The van der Waals surface area contributed by atoms with Crippen molar-refractivity contribution in [1.29, 1.82) is 0 Å². The summed E-state index contributed by atoms with van der Waals surface area (Å²) in [6.45, 7) is 2.24. The molecule has 1 aliphatic carbocycles. The molecule has 128 valence electrons. The SMILES string of the molecule is Cc1c(-c2ccccc2)nc2sc3c(c2c1-c1ccccc1)CCCC3. The van der Waals surface area contributed by atoms with Crippen molar-refractivity contribution < 1.29 is 0 Å². The van der Waals surface area contributed by atoms with Crippen molar-refractivity contribution in [2.75, 3.05) is 0 Å². The molecule has 2 heterocycles. The summed E-state index contributed by atoms with van der Waals surface area (Å²) in [5, 5.41) is 1.41. The molecule has 26 heavy (non-hydrogen) atoms. The Hall–Kier alpha value is -2.45. The van der Waals surface area contributed by atoms with E-state index in [1.807, 2.05) is 11.3 Å². The zero-order valence-corrected chi connectivity index (χ0v) is 15.8. The molecule has 0 saturated carbocycles. The number of hydrogen-bond donors (Lipinski definition) is 0. The summed E-state index contributed by atoms with van der Waals surface area (Å²) in [5.74, 6) is 0. The number of hydrogen-bond acceptors (Lipinski definition) is 2. The van der Waals surface area contributed by atoms with Gasteiger partial charge in [-0.05, 0) is 54.9 Å². The summed E-state index contributed by atoms with van der Waals surface area (Å²) < 4.78 is 0. The third-order valence-electron chi connectivity index (χ3n) is 5.46. The smallest absolute Gasteiger partial charge is 0.125 e. The van der Waals surface area contributed by atoms with Gasteiger partial charge in [0.2, 0.25) is 0 Å². The van der Waals surface area contributed by atoms with E-state index in [0.717, 1.165) is 5.69 Å². The molecular weight excluding hydrogens is 334 g/mol. The van der Waals surface area contributed by atoms with Gasteiger partial charge in [0.1, 0.15) is 4.83 Å². The van der Waals surface area contributed by atoms with Crippen molar-refractivity contribution in [2.45, 2.75) is 32.6 Å². The van der Waals surface area contributed by atoms with Crippen LogP contribution in [0.4, 0.5) is 0 Å². The summed E-state index contributed by atoms with van der Waals surface area (Å²) >= 11 is 1.91. The van der Waals surface area contributed by atoms with Gasteiger partial charge in [-0.3, -0.25) is 0 Å². The van der Waals surface area contributed by atoms with E-state index in [2.05, 4.69) is 67.6 Å². The molecule has 1 aliphatic rings. The van der Waals surface area contributed by atoms with E-state index in [4.69, 9.17) is 4.98 Å². The van der Waals surface area contributed by atoms with Gasteiger partial charge in [0.05, 0.1) is 5.69 Å². The highest BCUT2D eigenvalue weighted by molar-refractivity contribution is 7.19. The van der Waals surface area contributed by atoms with Crippen molar-refractivity contribution in [3.8, 4) is 22.4 Å². The highest BCUT2D eigenvalue weighted by Gasteiger charge is 2.23. The lowest BCUT2D eigenvalue weighted by Gasteiger charge is -2.16. The van der Waals surface area contributed by atoms with Crippen LogP contribution in [0.25, 0.3) is 32.6 Å². The fourth-order valence-electron chi connectivity index (χ4n) is 4.22. The van der Waals surface area contributed by atoms with Crippen LogP contribution in [0.5, 0.6) is 0 Å². The Labute approximate surface area is 158 Å². The first-order valence-corrected chi connectivity index (χ1v) is 10.2. The molecule has 0 spiro atoms. The molecule has 1 nitrogen and oxygen atoms in total. The maximum absolute atomic E-state index is 5.15. The van der Waals surface area contributed by atoms with Crippen LogP contribution in [0.15, 0.2) is 60.7 Å². The second kappa shape index (κ2) is 6.37. The Morgan fingerprint density at radius 2 is 1.46 bits per heavy atom. The third-order valence-corrected chi connectivity index (χ3v) is 6.64. The average Bonchev–Trinajstić information content (AvgIpc) is 3.07. The zero-order valence-electron chi connectivity index (χ0n) is 15.0. The van der Waals surface area contributed by atoms with Gasteiger partial charge in [0.15, 0.2) is 0 Å². The number of benzene rings is 2. The largest absolute Gasteiger partial charge is 0.237 e. The Morgan fingerprint density at radius 3 is 2.19 bits per heavy atom. The number of thiophene rings is 1. The first-order valence-electron chi connectivity index (χ1n) is 9.38. The molecule has 0 radical (unpaired) electrons. The van der Waals surface area contributed by atoms with Gasteiger partial charge in [-0.1, -0.05) is 60.7 Å². The molecule has 0 amide bonds. The van der Waals surface area contributed by atoms with Crippen LogP contribution in [0.1, 0.15) is 28.8 Å². The Kier molecular flexibility index (Phi) is 3.86. The lowest BCUT2D eigenvalue weighted by atomic mass is 9.89. The van der Waals surface area contributed by atoms with Crippen molar-refractivity contribution in [3.63, 3.8) is 0 Å². The summed E-state index contributed by atoms with van der Waals surface area (Å²) in [7, 11) is 0. The van der Waals surface area contributed by atoms with Gasteiger partial charge >= 0.3 is 0 Å². The Bertz CT molecular complexity index is 1080. The van der Waals surface area contributed by atoms with E-state index >= 15 is 0 Å². The monoisotopic (exact) mass is 355 g/mol. The number of rotatable bonds is 2. The fraction of sp³-hybridized carbons (Fsp3) is 0.208. The van der Waals surface area contributed by atoms with E-state index in [-0.39, 0.29) is 0 Å². The molecular formula is C24H21NS. The molecule has 0 saturated heterocycles. The number of aryl methyl sites for hydroxylation is 2. The lowest BCUT2D eigenvalue weighted by molar-refractivity contribution is 0.700. The van der Waals surface area contributed by atoms with Gasteiger partial charge in [0, 0.05) is 15.8 Å². The summed E-state index contributed by atoms with van der Waals surface area (Å²) in [4.78, 5) is 7.92. The van der Waals surface area contributed by atoms with Crippen LogP contribution in [-0.2, 0) is 12.8 Å². The number of fused-ring (bicyclic) bond motifs is 3. The van der Waals surface area contributed by atoms with Gasteiger partial charge in [-0.15, -0.1) is 11.3 Å². The van der Waals surface area contributed by atoms with Crippen LogP contribution >= 0.6 is 11.3 Å². The van der Waals surface area contributed by atoms with Crippen LogP contribution in [-0.4, -0.2) is 4.98 Å². The minimum Gasteiger partial charge on any atom is -0.237 e. The summed E-state index contributed by atoms with van der Waals surface area (Å²) in [6, 6.07) is 21.5. The second-order valence-electron chi connectivity index (χ2n) is 7.08. The Balaban J connectivity index is 1.89. The Morgan fingerprint density at radius 1 is 0.808 bits per heavy atom. The minimum absolute atomic E-state index is 1.12. The van der Waals surface area contributed by atoms with Gasteiger partial charge < -0.3 is 0 Å². The van der Waals surface area contributed by atoms with Crippen LogP contribution < -0.4 is 0 Å². The molecule has 0 fully saturated rings. The number of pyridine rings is 1. The van der Waals surface area contributed by atoms with Gasteiger partial charge in [0.25, 0.3) is 0 Å². The van der Waals surface area contributed by atoms with E-state index < -0.39 is 0 Å². The molecule has 0 bridgehead atoms. The standard InChI is InChI=1S/C24H21NS/c1-16-21(17-10-4-2-5-11-17)22-19-14-8-9-15-20(19)26-24(22)25-23(16)18-12-6-3-7-13-18/h2-7,10-13H,8-9,14-15H2,1H3. The first-order chi connectivity index (χ1) is 12.8. The number of aromatic nitrogens is 1.